The molecule has 4 rings (SSSR count). The van der Waals surface area contributed by atoms with Crippen LogP contribution in [0.25, 0.3) is 0 Å². The molecule has 1 aromatic heterocycles. The molecule has 0 spiro atoms. The summed E-state index contributed by atoms with van der Waals surface area (Å²) >= 11 is 0. The van der Waals surface area contributed by atoms with Gasteiger partial charge in [0, 0.05) is 6.54 Å². The van der Waals surface area contributed by atoms with Crippen molar-refractivity contribution in [1.82, 2.24) is 10.2 Å². The number of fused-ring (bicyclic) bond motifs is 1. The zero-order valence-electron chi connectivity index (χ0n) is 15.9. The van der Waals surface area contributed by atoms with Crippen molar-refractivity contribution in [2.75, 3.05) is 11.5 Å². The summed E-state index contributed by atoms with van der Waals surface area (Å²) in [6, 6.07) is 12.3. The molecule has 3 aromatic rings. The maximum absolute atomic E-state index is 13.6. The monoisotopic (exact) mass is 431 g/mol. The smallest absolute Gasteiger partial charge is 0.423 e. The quantitative estimate of drug-likeness (QED) is 0.641. The maximum atomic E-state index is 13.6. The molecule has 7 nitrogen and oxygen atoms in total. The summed E-state index contributed by atoms with van der Waals surface area (Å²) in [5.41, 5.74) is -1.42. The first kappa shape index (κ1) is 20.5. The normalized spacial score (nSPS) is 15.6. The van der Waals surface area contributed by atoms with Crippen LogP contribution in [0.1, 0.15) is 33.1 Å². The van der Waals surface area contributed by atoms with E-state index in [1.54, 1.807) is 30.3 Å². The van der Waals surface area contributed by atoms with Crippen molar-refractivity contribution < 1.29 is 27.8 Å². The number of alkyl halides is 3. The van der Waals surface area contributed by atoms with Gasteiger partial charge >= 0.3 is 12.1 Å². The number of nitrogens with one attached hydrogen (secondary N) is 1. The Kier molecular flexibility index (Phi) is 5.14. The maximum Gasteiger partial charge on any atom is 0.423 e. The highest BCUT2D eigenvalue weighted by Crippen LogP contribution is 2.42. The van der Waals surface area contributed by atoms with Crippen LogP contribution in [-0.2, 0) is 12.7 Å². The van der Waals surface area contributed by atoms with Crippen LogP contribution in [0.5, 0.6) is 5.75 Å². The number of hydrogen-bond acceptors (Lipinski definition) is 5. The summed E-state index contributed by atoms with van der Waals surface area (Å²) in [5.74, 6) is -0.855. The standard InChI is InChI=1S/C21H16F3N3O4/c22-21(23,24)18-16(9-25-26-19(18)28)27-10-13-4-1-2-7-15(13)17(27)11-31-14-6-3-5-12(8-14)20(29)30/h1-9,17H,10-11H2,(H,26,28)(H,29,30). The van der Waals surface area contributed by atoms with Crippen molar-refractivity contribution in [1.29, 1.82) is 0 Å². The van der Waals surface area contributed by atoms with E-state index in [1.165, 1.54) is 23.1 Å². The van der Waals surface area contributed by atoms with Crippen LogP contribution in [0.2, 0.25) is 0 Å². The van der Waals surface area contributed by atoms with Gasteiger partial charge in [0.25, 0.3) is 5.56 Å². The van der Waals surface area contributed by atoms with E-state index in [2.05, 4.69) is 5.10 Å². The predicted molar refractivity (Wildman–Crippen MR) is 104 cm³/mol. The number of aromatic carboxylic acids is 1. The van der Waals surface area contributed by atoms with Crippen LogP contribution < -0.4 is 15.2 Å². The average Bonchev–Trinajstić information content (AvgIpc) is 3.10. The van der Waals surface area contributed by atoms with Gasteiger partial charge in [0.15, 0.2) is 0 Å². The van der Waals surface area contributed by atoms with E-state index in [9.17, 15) is 22.8 Å². The third-order valence-corrected chi connectivity index (χ3v) is 5.05. The van der Waals surface area contributed by atoms with Crippen molar-refractivity contribution >= 4 is 11.7 Å². The Labute approximate surface area is 173 Å². The van der Waals surface area contributed by atoms with Gasteiger partial charge in [-0.2, -0.15) is 18.3 Å². The van der Waals surface area contributed by atoms with Crippen LogP contribution in [0.4, 0.5) is 18.9 Å². The fraction of sp³-hybridized carbons (Fsp3) is 0.190. The van der Waals surface area contributed by atoms with Crippen molar-refractivity contribution in [2.45, 2.75) is 18.8 Å². The fourth-order valence-corrected chi connectivity index (χ4v) is 3.67. The van der Waals surface area contributed by atoms with E-state index in [0.717, 1.165) is 17.3 Å². The lowest BCUT2D eigenvalue weighted by Gasteiger charge is -2.29. The van der Waals surface area contributed by atoms with E-state index in [0.29, 0.717) is 0 Å². The highest BCUT2D eigenvalue weighted by atomic mass is 19.4. The molecule has 2 heterocycles. The average molecular weight is 431 g/mol. The third kappa shape index (κ3) is 3.96. The summed E-state index contributed by atoms with van der Waals surface area (Å²) in [4.78, 5) is 24.5. The number of nitrogens with zero attached hydrogens (tertiary/aromatic N) is 2. The zero-order chi connectivity index (χ0) is 22.2. The molecule has 1 atom stereocenters. The second-order valence-corrected chi connectivity index (χ2v) is 6.94. The number of carbonyl (C=O) groups is 1. The molecule has 0 fully saturated rings. The second kappa shape index (κ2) is 7.78. The molecule has 0 bridgehead atoms. The largest absolute Gasteiger partial charge is 0.491 e. The summed E-state index contributed by atoms with van der Waals surface area (Å²) < 4.78 is 46.6. The van der Waals surface area contributed by atoms with Crippen molar-refractivity contribution in [3.05, 3.63) is 87.3 Å². The van der Waals surface area contributed by atoms with Crippen molar-refractivity contribution in [3.8, 4) is 5.75 Å². The Morgan fingerprint density at radius 2 is 2.00 bits per heavy atom. The summed E-state index contributed by atoms with van der Waals surface area (Å²) in [6.45, 7) is 0.0672. The lowest BCUT2D eigenvalue weighted by atomic mass is 10.1. The predicted octanol–water partition coefficient (Wildman–Crippen LogP) is 3.63. The first-order valence-corrected chi connectivity index (χ1v) is 9.21. The topological polar surface area (TPSA) is 95.5 Å². The molecule has 0 aliphatic carbocycles. The third-order valence-electron chi connectivity index (χ3n) is 5.05. The minimum absolute atomic E-state index is 0.0272. The lowest BCUT2D eigenvalue weighted by molar-refractivity contribution is -0.138. The van der Waals surface area contributed by atoms with Crippen LogP contribution in [0.3, 0.4) is 0 Å². The molecule has 31 heavy (non-hydrogen) atoms. The van der Waals surface area contributed by atoms with Gasteiger partial charge in [0.2, 0.25) is 0 Å². The van der Waals surface area contributed by atoms with E-state index < -0.39 is 29.3 Å². The minimum Gasteiger partial charge on any atom is -0.491 e. The molecule has 2 N–H and O–H groups in total. The van der Waals surface area contributed by atoms with Crippen LogP contribution in [0.15, 0.2) is 59.5 Å². The zero-order valence-corrected chi connectivity index (χ0v) is 15.9. The van der Waals surface area contributed by atoms with E-state index in [4.69, 9.17) is 9.84 Å². The number of carboxylic acids is 1. The van der Waals surface area contributed by atoms with Gasteiger partial charge in [-0.25, -0.2) is 9.89 Å². The van der Waals surface area contributed by atoms with Gasteiger partial charge < -0.3 is 14.7 Å². The molecule has 2 aromatic carbocycles. The van der Waals surface area contributed by atoms with Crippen LogP contribution >= 0.6 is 0 Å². The first-order valence-electron chi connectivity index (χ1n) is 9.21. The summed E-state index contributed by atoms with van der Waals surface area (Å²) in [7, 11) is 0. The number of carboxylic acid groups (broad SMARTS) is 1. The number of halogens is 3. The van der Waals surface area contributed by atoms with Crippen LogP contribution in [-0.4, -0.2) is 27.9 Å². The number of ether oxygens (including phenoxy) is 1. The highest BCUT2D eigenvalue weighted by Gasteiger charge is 2.42. The molecule has 160 valence electrons. The fourth-order valence-electron chi connectivity index (χ4n) is 3.67. The van der Waals surface area contributed by atoms with Crippen molar-refractivity contribution in [2.24, 2.45) is 0 Å². The van der Waals surface area contributed by atoms with E-state index in [1.807, 2.05) is 5.10 Å². The molecule has 1 unspecified atom stereocenters. The van der Waals surface area contributed by atoms with E-state index in [-0.39, 0.29) is 30.2 Å². The number of anilines is 1. The minimum atomic E-state index is -4.87. The molecule has 0 radical (unpaired) electrons. The summed E-state index contributed by atoms with van der Waals surface area (Å²) in [5, 5.41) is 14.5. The van der Waals surface area contributed by atoms with Gasteiger partial charge in [0.1, 0.15) is 17.9 Å². The molecule has 1 aliphatic heterocycles. The Hall–Kier alpha value is -3.82. The number of benzene rings is 2. The molecule has 10 heteroatoms. The van der Waals surface area contributed by atoms with Gasteiger partial charge in [-0.15, -0.1) is 0 Å². The Bertz CT molecular complexity index is 1190. The molecule has 0 saturated heterocycles. The Balaban J connectivity index is 1.71. The molecular weight excluding hydrogens is 415 g/mol. The molecular formula is C21H16F3N3O4. The van der Waals surface area contributed by atoms with Crippen molar-refractivity contribution in [3.63, 3.8) is 0 Å². The van der Waals surface area contributed by atoms with Gasteiger partial charge in [-0.3, -0.25) is 4.79 Å². The van der Waals surface area contributed by atoms with Gasteiger partial charge in [-0.05, 0) is 29.3 Å². The lowest BCUT2D eigenvalue weighted by Crippen LogP contribution is -2.32. The number of aromatic amines is 1. The number of H-pyrrole nitrogens is 1. The number of rotatable bonds is 5. The van der Waals surface area contributed by atoms with Crippen LogP contribution in [0, 0.1) is 0 Å². The molecule has 0 amide bonds. The second-order valence-electron chi connectivity index (χ2n) is 6.94. The van der Waals surface area contributed by atoms with E-state index >= 15 is 0 Å². The summed E-state index contributed by atoms with van der Waals surface area (Å²) in [6.07, 6.45) is -3.89. The van der Waals surface area contributed by atoms with Gasteiger partial charge in [-0.1, -0.05) is 30.3 Å². The SMILES string of the molecule is O=C(O)c1cccc(OCC2c3ccccc3CN2c2cn[nH]c(=O)c2C(F)(F)F)c1. The molecule has 1 aliphatic rings. The highest BCUT2D eigenvalue weighted by molar-refractivity contribution is 5.88. The van der Waals surface area contributed by atoms with Gasteiger partial charge in [0.05, 0.1) is 23.5 Å². The first-order chi connectivity index (χ1) is 14.8. The Morgan fingerprint density at radius 3 is 2.74 bits per heavy atom. The Morgan fingerprint density at radius 1 is 1.23 bits per heavy atom. The molecule has 0 saturated carbocycles. The number of hydrogen-bond donors (Lipinski definition) is 2. The number of aromatic nitrogens is 2.